The van der Waals surface area contributed by atoms with Gasteiger partial charge in [-0.3, -0.25) is 0 Å². The fourth-order valence-electron chi connectivity index (χ4n) is 4.03. The van der Waals surface area contributed by atoms with Crippen LogP contribution >= 0.6 is 0 Å². The zero-order valence-electron chi connectivity index (χ0n) is 17.8. The van der Waals surface area contributed by atoms with Gasteiger partial charge in [-0.05, 0) is 57.0 Å². The number of methoxy groups -OCH3 is 1. The summed E-state index contributed by atoms with van der Waals surface area (Å²) in [4.78, 5) is 2.57. The summed E-state index contributed by atoms with van der Waals surface area (Å²) in [5.74, 6) is 0.608. The van der Waals surface area contributed by atoms with Crippen LogP contribution in [-0.2, 0) is 15.9 Å². The molecule has 0 amide bonds. The maximum atomic E-state index is 6.03. The number of rotatable bonds is 13. The molecule has 2 rings (SSSR count). The summed E-state index contributed by atoms with van der Waals surface area (Å²) in [6.07, 6.45) is 7.91. The Labute approximate surface area is 166 Å². The summed E-state index contributed by atoms with van der Waals surface area (Å²) in [5, 5.41) is 0. The van der Waals surface area contributed by atoms with Gasteiger partial charge in [-0.2, -0.15) is 0 Å². The third-order valence-electron chi connectivity index (χ3n) is 5.70. The lowest BCUT2D eigenvalue weighted by molar-refractivity contribution is -0.169. The van der Waals surface area contributed by atoms with Gasteiger partial charge in [-0.1, -0.05) is 38.8 Å². The molecule has 0 aliphatic carbocycles. The van der Waals surface area contributed by atoms with E-state index in [-0.39, 0.29) is 5.79 Å². The van der Waals surface area contributed by atoms with E-state index in [4.69, 9.17) is 14.2 Å². The zero-order valence-corrected chi connectivity index (χ0v) is 17.8. The summed E-state index contributed by atoms with van der Waals surface area (Å²) in [6.45, 7) is 10.5. The van der Waals surface area contributed by atoms with Gasteiger partial charge < -0.3 is 19.1 Å². The highest BCUT2D eigenvalue weighted by Crippen LogP contribution is 2.31. The molecule has 1 saturated heterocycles. The SMILES string of the molecule is CCCCCC1(CCCN(CC)C(C)Cc2ccc(OC)cc2)OCCO1. The second kappa shape index (κ2) is 11.7. The standard InChI is InChI=1S/C23H39NO3/c1-5-7-8-14-23(26-17-18-27-23)15-9-16-24(6-2)20(3)19-21-10-12-22(25-4)13-11-21/h10-13,20H,5-9,14-19H2,1-4H3. The van der Waals surface area contributed by atoms with Crippen molar-refractivity contribution in [2.75, 3.05) is 33.4 Å². The van der Waals surface area contributed by atoms with E-state index in [2.05, 4.69) is 37.8 Å². The van der Waals surface area contributed by atoms with Gasteiger partial charge in [0.25, 0.3) is 0 Å². The van der Waals surface area contributed by atoms with Gasteiger partial charge in [0.1, 0.15) is 5.75 Å². The first kappa shape index (κ1) is 22.2. The van der Waals surface area contributed by atoms with Crippen molar-refractivity contribution >= 4 is 0 Å². The minimum absolute atomic E-state index is 0.312. The van der Waals surface area contributed by atoms with Gasteiger partial charge in [0.2, 0.25) is 0 Å². The van der Waals surface area contributed by atoms with E-state index in [1.165, 1.54) is 24.8 Å². The van der Waals surface area contributed by atoms with Crippen molar-refractivity contribution in [3.8, 4) is 5.75 Å². The third kappa shape index (κ3) is 7.10. The van der Waals surface area contributed by atoms with Gasteiger partial charge >= 0.3 is 0 Å². The van der Waals surface area contributed by atoms with E-state index < -0.39 is 0 Å². The van der Waals surface area contributed by atoms with Crippen molar-refractivity contribution < 1.29 is 14.2 Å². The van der Waals surface area contributed by atoms with Crippen LogP contribution in [0.15, 0.2) is 24.3 Å². The first-order chi connectivity index (χ1) is 13.1. The first-order valence-corrected chi connectivity index (χ1v) is 10.8. The van der Waals surface area contributed by atoms with Crippen LogP contribution in [0.4, 0.5) is 0 Å². The number of benzene rings is 1. The van der Waals surface area contributed by atoms with Crippen LogP contribution in [0.2, 0.25) is 0 Å². The van der Waals surface area contributed by atoms with Crippen LogP contribution in [0.5, 0.6) is 5.75 Å². The molecule has 1 unspecified atom stereocenters. The lowest BCUT2D eigenvalue weighted by atomic mass is 10.0. The molecule has 154 valence electrons. The maximum absolute atomic E-state index is 6.03. The Morgan fingerprint density at radius 3 is 2.30 bits per heavy atom. The number of hydrogen-bond donors (Lipinski definition) is 0. The van der Waals surface area contributed by atoms with Crippen LogP contribution in [0.3, 0.4) is 0 Å². The van der Waals surface area contributed by atoms with Gasteiger partial charge in [-0.25, -0.2) is 0 Å². The largest absolute Gasteiger partial charge is 0.497 e. The highest BCUT2D eigenvalue weighted by molar-refractivity contribution is 5.27. The Morgan fingerprint density at radius 2 is 1.70 bits per heavy atom. The Morgan fingerprint density at radius 1 is 1.04 bits per heavy atom. The molecule has 1 aromatic rings. The molecule has 1 atom stereocenters. The second-order valence-electron chi connectivity index (χ2n) is 7.70. The van der Waals surface area contributed by atoms with Gasteiger partial charge in [0.05, 0.1) is 20.3 Å². The number of likely N-dealkylation sites (N-methyl/N-ethyl adjacent to an activating group) is 1. The highest BCUT2D eigenvalue weighted by atomic mass is 16.7. The van der Waals surface area contributed by atoms with Crippen molar-refractivity contribution in [3.05, 3.63) is 29.8 Å². The number of ether oxygens (including phenoxy) is 3. The van der Waals surface area contributed by atoms with E-state index in [1.54, 1.807) is 7.11 Å². The van der Waals surface area contributed by atoms with Crippen molar-refractivity contribution in [2.24, 2.45) is 0 Å². The third-order valence-corrected chi connectivity index (χ3v) is 5.70. The van der Waals surface area contributed by atoms with Crippen LogP contribution in [0, 0.1) is 0 Å². The molecule has 1 aromatic carbocycles. The summed E-state index contributed by atoms with van der Waals surface area (Å²) < 4.78 is 17.3. The lowest BCUT2D eigenvalue weighted by Crippen LogP contribution is -2.37. The lowest BCUT2D eigenvalue weighted by Gasteiger charge is -2.31. The van der Waals surface area contributed by atoms with Crippen LogP contribution in [0.25, 0.3) is 0 Å². The molecule has 4 nitrogen and oxygen atoms in total. The van der Waals surface area contributed by atoms with Crippen LogP contribution < -0.4 is 4.74 Å². The van der Waals surface area contributed by atoms with E-state index in [1.807, 2.05) is 12.1 Å². The molecule has 0 radical (unpaired) electrons. The molecule has 4 heteroatoms. The minimum Gasteiger partial charge on any atom is -0.497 e. The molecule has 1 heterocycles. The first-order valence-electron chi connectivity index (χ1n) is 10.8. The van der Waals surface area contributed by atoms with Gasteiger partial charge in [-0.15, -0.1) is 0 Å². The maximum Gasteiger partial charge on any atom is 0.168 e. The molecule has 1 aliphatic heterocycles. The molecule has 0 aromatic heterocycles. The predicted octanol–water partition coefficient (Wildman–Crippen LogP) is 5.05. The van der Waals surface area contributed by atoms with Gasteiger partial charge in [0.15, 0.2) is 5.79 Å². The summed E-state index contributed by atoms with van der Waals surface area (Å²) in [6, 6.07) is 8.96. The average Bonchev–Trinajstić information content (AvgIpc) is 3.15. The molecular formula is C23H39NO3. The van der Waals surface area contributed by atoms with Crippen LogP contribution in [0.1, 0.15) is 64.9 Å². The van der Waals surface area contributed by atoms with E-state index in [9.17, 15) is 0 Å². The summed E-state index contributed by atoms with van der Waals surface area (Å²) >= 11 is 0. The number of nitrogens with zero attached hydrogens (tertiary/aromatic N) is 1. The highest BCUT2D eigenvalue weighted by Gasteiger charge is 2.35. The average molecular weight is 378 g/mol. The zero-order chi connectivity index (χ0) is 19.5. The predicted molar refractivity (Wildman–Crippen MR) is 111 cm³/mol. The Balaban J connectivity index is 1.80. The van der Waals surface area contributed by atoms with E-state index in [0.29, 0.717) is 6.04 Å². The second-order valence-corrected chi connectivity index (χ2v) is 7.70. The fraction of sp³-hybridized carbons (Fsp3) is 0.739. The number of hydrogen-bond acceptors (Lipinski definition) is 4. The van der Waals surface area contributed by atoms with Crippen molar-refractivity contribution in [2.45, 2.75) is 77.5 Å². The molecule has 0 saturated carbocycles. The Hall–Kier alpha value is -1.10. The van der Waals surface area contributed by atoms with E-state index >= 15 is 0 Å². The molecule has 27 heavy (non-hydrogen) atoms. The fourth-order valence-corrected chi connectivity index (χ4v) is 4.03. The van der Waals surface area contributed by atoms with Crippen molar-refractivity contribution in [3.63, 3.8) is 0 Å². The summed E-state index contributed by atoms with van der Waals surface area (Å²) in [7, 11) is 1.71. The smallest absolute Gasteiger partial charge is 0.168 e. The Bertz CT molecular complexity index is 511. The molecule has 0 N–H and O–H groups in total. The van der Waals surface area contributed by atoms with E-state index in [0.717, 1.165) is 57.7 Å². The Kier molecular flexibility index (Phi) is 9.60. The van der Waals surface area contributed by atoms with Crippen molar-refractivity contribution in [1.82, 2.24) is 4.90 Å². The molecule has 0 bridgehead atoms. The van der Waals surface area contributed by atoms with Gasteiger partial charge in [0, 0.05) is 18.9 Å². The summed E-state index contributed by atoms with van der Waals surface area (Å²) in [5.41, 5.74) is 1.36. The van der Waals surface area contributed by atoms with Crippen LogP contribution in [-0.4, -0.2) is 50.1 Å². The normalized spacial score (nSPS) is 17.4. The topological polar surface area (TPSA) is 30.9 Å². The molecular weight excluding hydrogens is 338 g/mol. The number of unbranched alkanes of at least 4 members (excludes halogenated alkanes) is 2. The minimum atomic E-state index is -0.312. The van der Waals surface area contributed by atoms with Crippen molar-refractivity contribution in [1.29, 1.82) is 0 Å². The quantitative estimate of drug-likeness (QED) is 0.450. The molecule has 1 fully saturated rings. The molecule has 1 aliphatic rings. The molecule has 0 spiro atoms. The monoisotopic (exact) mass is 377 g/mol.